The lowest BCUT2D eigenvalue weighted by Gasteiger charge is -2.04. The molecule has 0 amide bonds. The molecule has 3 N–H and O–H groups in total. The van der Waals surface area contributed by atoms with Crippen molar-refractivity contribution in [2.75, 3.05) is 0 Å². The van der Waals surface area contributed by atoms with Crippen LogP contribution in [0.1, 0.15) is 33.3 Å². The maximum absolute atomic E-state index is 11.0. The fraction of sp³-hybridized carbons (Fsp3) is 0.0952. The first kappa shape index (κ1) is 19.8. The van der Waals surface area contributed by atoms with Crippen LogP contribution in [-0.2, 0) is 11.2 Å². The molecular formula is C21H19NO5. The number of carbonyl (C=O) groups is 2. The lowest BCUT2D eigenvalue weighted by Crippen LogP contribution is -2.09. The van der Waals surface area contributed by atoms with Crippen molar-refractivity contribution in [3.8, 4) is 0 Å². The van der Waals surface area contributed by atoms with Crippen LogP contribution in [0.5, 0.6) is 0 Å². The van der Waals surface area contributed by atoms with E-state index in [0.29, 0.717) is 17.7 Å². The standard InChI is InChI=1S/C13H11NO2.C8H8O3/c15-13(16)11-7-4-8-14-12(11)9-10-5-2-1-3-6-10;9-7(8(10)11)6-4-2-1-3-5-6/h1-8H,9H2,(H,15,16);1-5,7,9H,(H,10,11). The number of nitrogens with zero attached hydrogens (tertiary/aromatic N) is 1. The van der Waals surface area contributed by atoms with Gasteiger partial charge < -0.3 is 15.3 Å². The van der Waals surface area contributed by atoms with Gasteiger partial charge in [0.1, 0.15) is 0 Å². The molecule has 3 rings (SSSR count). The van der Waals surface area contributed by atoms with Crippen LogP contribution in [0.4, 0.5) is 0 Å². The minimum absolute atomic E-state index is 0.270. The monoisotopic (exact) mass is 365 g/mol. The number of aliphatic hydroxyl groups excluding tert-OH is 1. The van der Waals surface area contributed by atoms with E-state index in [-0.39, 0.29) is 5.56 Å². The number of aliphatic hydroxyl groups is 1. The van der Waals surface area contributed by atoms with Gasteiger partial charge >= 0.3 is 11.9 Å². The molecule has 3 aromatic rings. The lowest BCUT2D eigenvalue weighted by atomic mass is 10.1. The molecule has 6 heteroatoms. The third-order valence-corrected chi connectivity index (χ3v) is 3.68. The third-order valence-electron chi connectivity index (χ3n) is 3.68. The van der Waals surface area contributed by atoms with Gasteiger partial charge in [0.15, 0.2) is 6.10 Å². The Hall–Kier alpha value is -3.51. The van der Waals surface area contributed by atoms with Gasteiger partial charge in [-0.2, -0.15) is 0 Å². The topological polar surface area (TPSA) is 108 Å². The Labute approximate surface area is 156 Å². The Morgan fingerprint density at radius 2 is 1.44 bits per heavy atom. The molecule has 27 heavy (non-hydrogen) atoms. The molecule has 0 saturated carbocycles. The summed E-state index contributed by atoms with van der Waals surface area (Å²) in [4.78, 5) is 25.3. The van der Waals surface area contributed by atoms with Crippen LogP contribution < -0.4 is 0 Å². The van der Waals surface area contributed by atoms with Crippen molar-refractivity contribution < 1.29 is 24.9 Å². The number of carboxylic acids is 2. The Morgan fingerprint density at radius 1 is 0.852 bits per heavy atom. The summed E-state index contributed by atoms with van der Waals surface area (Å²) in [6.45, 7) is 0. The SMILES string of the molecule is O=C(O)C(O)c1ccccc1.O=C(O)c1cccnc1Cc1ccccc1. The first-order valence-corrected chi connectivity index (χ1v) is 8.16. The van der Waals surface area contributed by atoms with E-state index >= 15 is 0 Å². The fourth-order valence-corrected chi connectivity index (χ4v) is 2.34. The van der Waals surface area contributed by atoms with Crippen LogP contribution in [-0.4, -0.2) is 32.2 Å². The van der Waals surface area contributed by atoms with E-state index in [4.69, 9.17) is 15.3 Å². The summed E-state index contributed by atoms with van der Waals surface area (Å²) in [7, 11) is 0. The lowest BCUT2D eigenvalue weighted by molar-refractivity contribution is -0.146. The second-order valence-corrected chi connectivity index (χ2v) is 5.62. The molecule has 0 saturated heterocycles. The molecule has 1 heterocycles. The first-order valence-electron chi connectivity index (χ1n) is 8.16. The minimum Gasteiger partial charge on any atom is -0.479 e. The van der Waals surface area contributed by atoms with Gasteiger partial charge in [-0.3, -0.25) is 4.98 Å². The van der Waals surface area contributed by atoms with Gasteiger partial charge in [0.25, 0.3) is 0 Å². The Balaban J connectivity index is 0.000000208. The number of aliphatic carboxylic acids is 1. The molecule has 0 bridgehead atoms. The van der Waals surface area contributed by atoms with Crippen LogP contribution in [0.2, 0.25) is 0 Å². The third kappa shape index (κ3) is 6.05. The summed E-state index contributed by atoms with van der Waals surface area (Å²) >= 11 is 0. The highest BCUT2D eigenvalue weighted by atomic mass is 16.4. The fourth-order valence-electron chi connectivity index (χ4n) is 2.34. The van der Waals surface area contributed by atoms with Gasteiger partial charge in [0.2, 0.25) is 0 Å². The first-order chi connectivity index (χ1) is 13.0. The van der Waals surface area contributed by atoms with Gasteiger partial charge in [0, 0.05) is 12.6 Å². The molecule has 0 spiro atoms. The quantitative estimate of drug-likeness (QED) is 0.641. The summed E-state index contributed by atoms with van der Waals surface area (Å²) in [6, 6.07) is 21.2. The predicted octanol–water partition coefficient (Wildman–Crippen LogP) is 3.18. The highest BCUT2D eigenvalue weighted by molar-refractivity contribution is 5.88. The summed E-state index contributed by atoms with van der Waals surface area (Å²) in [6.07, 6.45) is 0.754. The molecule has 0 aliphatic rings. The minimum atomic E-state index is -1.41. The molecule has 1 aromatic heterocycles. The van der Waals surface area contributed by atoms with Crippen molar-refractivity contribution in [2.45, 2.75) is 12.5 Å². The van der Waals surface area contributed by atoms with Crippen molar-refractivity contribution in [3.63, 3.8) is 0 Å². The van der Waals surface area contributed by atoms with Crippen LogP contribution >= 0.6 is 0 Å². The van der Waals surface area contributed by atoms with E-state index in [1.165, 1.54) is 0 Å². The number of benzene rings is 2. The number of carboxylic acid groups (broad SMARTS) is 2. The van der Waals surface area contributed by atoms with Gasteiger partial charge in [0.05, 0.1) is 11.3 Å². The zero-order valence-corrected chi connectivity index (χ0v) is 14.4. The van der Waals surface area contributed by atoms with Crippen LogP contribution in [0, 0.1) is 0 Å². The largest absolute Gasteiger partial charge is 0.479 e. The summed E-state index contributed by atoms with van der Waals surface area (Å²) in [5.74, 6) is -2.16. The van der Waals surface area contributed by atoms with E-state index in [9.17, 15) is 9.59 Å². The number of aromatic carboxylic acids is 1. The smallest absolute Gasteiger partial charge is 0.337 e. The Bertz CT molecular complexity index is 881. The van der Waals surface area contributed by atoms with Crippen LogP contribution in [0.15, 0.2) is 79.0 Å². The number of pyridine rings is 1. The van der Waals surface area contributed by atoms with Gasteiger partial charge in [-0.1, -0.05) is 60.7 Å². The molecule has 1 atom stereocenters. The average Bonchev–Trinajstić information content (AvgIpc) is 2.69. The zero-order valence-electron chi connectivity index (χ0n) is 14.4. The van der Waals surface area contributed by atoms with Gasteiger partial charge in [-0.05, 0) is 23.3 Å². The molecular weight excluding hydrogens is 346 g/mol. The van der Waals surface area contributed by atoms with Crippen LogP contribution in [0.25, 0.3) is 0 Å². The van der Waals surface area contributed by atoms with Crippen molar-refractivity contribution in [3.05, 3.63) is 101 Å². The van der Waals surface area contributed by atoms with Gasteiger partial charge in [-0.25, -0.2) is 9.59 Å². The maximum atomic E-state index is 11.0. The van der Waals surface area contributed by atoms with E-state index < -0.39 is 18.0 Å². The van der Waals surface area contributed by atoms with Crippen molar-refractivity contribution >= 4 is 11.9 Å². The highest BCUT2D eigenvalue weighted by Crippen LogP contribution is 2.12. The summed E-state index contributed by atoms with van der Waals surface area (Å²) in [5.41, 5.74) is 2.33. The number of aromatic nitrogens is 1. The highest BCUT2D eigenvalue weighted by Gasteiger charge is 2.14. The molecule has 2 aromatic carbocycles. The summed E-state index contributed by atoms with van der Waals surface area (Å²) < 4.78 is 0. The molecule has 1 unspecified atom stereocenters. The average molecular weight is 365 g/mol. The van der Waals surface area contributed by atoms with E-state index in [1.807, 2.05) is 30.3 Å². The number of hydrogen-bond donors (Lipinski definition) is 3. The second kappa shape index (κ2) is 9.84. The Morgan fingerprint density at radius 3 is 2.00 bits per heavy atom. The Kier molecular flexibility index (Phi) is 7.22. The normalized spacial score (nSPS) is 11.0. The van der Waals surface area contributed by atoms with E-state index in [1.54, 1.807) is 48.7 Å². The molecule has 0 aliphatic heterocycles. The van der Waals surface area contributed by atoms with Crippen LogP contribution in [0.3, 0.4) is 0 Å². The van der Waals surface area contributed by atoms with E-state index in [0.717, 1.165) is 5.56 Å². The molecule has 0 aliphatic carbocycles. The molecule has 0 fully saturated rings. The molecule has 6 nitrogen and oxygen atoms in total. The molecule has 138 valence electrons. The summed E-state index contributed by atoms with van der Waals surface area (Å²) in [5, 5.41) is 26.4. The molecule has 0 radical (unpaired) electrons. The van der Waals surface area contributed by atoms with Crippen molar-refractivity contribution in [2.24, 2.45) is 0 Å². The second-order valence-electron chi connectivity index (χ2n) is 5.62. The number of hydrogen-bond acceptors (Lipinski definition) is 4. The predicted molar refractivity (Wildman–Crippen MR) is 99.5 cm³/mol. The van der Waals surface area contributed by atoms with E-state index in [2.05, 4.69) is 4.98 Å². The van der Waals surface area contributed by atoms with Crippen molar-refractivity contribution in [1.82, 2.24) is 4.98 Å². The maximum Gasteiger partial charge on any atom is 0.337 e. The zero-order chi connectivity index (χ0) is 19.6. The number of rotatable bonds is 5. The van der Waals surface area contributed by atoms with Crippen molar-refractivity contribution in [1.29, 1.82) is 0 Å². The van der Waals surface area contributed by atoms with Gasteiger partial charge in [-0.15, -0.1) is 0 Å².